The second-order valence-electron chi connectivity index (χ2n) is 6.32. The summed E-state index contributed by atoms with van der Waals surface area (Å²) in [6.45, 7) is 10.4. The smallest absolute Gasteiger partial charge is 0.0369 e. The van der Waals surface area contributed by atoms with E-state index < -0.39 is 0 Å². The summed E-state index contributed by atoms with van der Waals surface area (Å²) in [6, 6.07) is 9.67. The molecule has 1 aromatic rings. The van der Waals surface area contributed by atoms with Crippen LogP contribution in [0.3, 0.4) is 0 Å². The Bertz CT molecular complexity index is 398. The average molecular weight is 260 g/mol. The van der Waals surface area contributed by atoms with E-state index in [4.69, 9.17) is 5.73 Å². The molecule has 1 fully saturated rings. The van der Waals surface area contributed by atoms with Gasteiger partial charge in [-0.3, -0.25) is 0 Å². The Morgan fingerprint density at radius 1 is 1.21 bits per heavy atom. The first-order chi connectivity index (χ1) is 9.02. The van der Waals surface area contributed by atoms with Gasteiger partial charge in [-0.15, -0.1) is 0 Å². The molecule has 106 valence electrons. The van der Waals surface area contributed by atoms with Gasteiger partial charge in [-0.25, -0.2) is 0 Å². The first kappa shape index (κ1) is 14.4. The Morgan fingerprint density at radius 3 is 2.42 bits per heavy atom. The minimum atomic E-state index is 0.172. The van der Waals surface area contributed by atoms with Crippen LogP contribution in [-0.4, -0.2) is 12.6 Å². The Kier molecular flexibility index (Phi) is 4.51. The minimum Gasteiger partial charge on any atom is -0.368 e. The molecule has 1 heterocycles. The van der Waals surface area contributed by atoms with Crippen LogP contribution >= 0.6 is 0 Å². The molecule has 2 nitrogen and oxygen atoms in total. The summed E-state index contributed by atoms with van der Waals surface area (Å²) in [5.41, 5.74) is 8.67. The molecule has 2 rings (SSSR count). The number of hydrogen-bond donors (Lipinski definition) is 1. The molecule has 0 radical (unpaired) electrons. The maximum absolute atomic E-state index is 6.08. The summed E-state index contributed by atoms with van der Waals surface area (Å²) in [4.78, 5) is 2.56. The monoisotopic (exact) mass is 260 g/mol. The first-order valence-corrected chi connectivity index (χ1v) is 7.65. The van der Waals surface area contributed by atoms with Crippen molar-refractivity contribution in [2.45, 2.75) is 52.6 Å². The fourth-order valence-corrected chi connectivity index (χ4v) is 3.20. The van der Waals surface area contributed by atoms with E-state index in [0.29, 0.717) is 6.04 Å². The lowest BCUT2D eigenvalue weighted by Crippen LogP contribution is -2.45. The summed E-state index contributed by atoms with van der Waals surface area (Å²) >= 11 is 0. The second-order valence-corrected chi connectivity index (χ2v) is 6.32. The highest BCUT2D eigenvalue weighted by atomic mass is 15.2. The van der Waals surface area contributed by atoms with Crippen molar-refractivity contribution in [2.75, 3.05) is 11.4 Å². The van der Waals surface area contributed by atoms with Gasteiger partial charge in [0.15, 0.2) is 0 Å². The highest BCUT2D eigenvalue weighted by Crippen LogP contribution is 2.31. The van der Waals surface area contributed by atoms with Crippen molar-refractivity contribution in [3.63, 3.8) is 0 Å². The third-order valence-electron chi connectivity index (χ3n) is 4.69. The maximum atomic E-state index is 6.08. The van der Waals surface area contributed by atoms with Gasteiger partial charge in [0, 0.05) is 24.3 Å². The van der Waals surface area contributed by atoms with Gasteiger partial charge in [0.25, 0.3) is 0 Å². The van der Waals surface area contributed by atoms with E-state index in [2.05, 4.69) is 56.9 Å². The van der Waals surface area contributed by atoms with Crippen molar-refractivity contribution in [3.05, 3.63) is 29.8 Å². The number of piperidine rings is 1. The molecule has 0 amide bonds. The summed E-state index contributed by atoms with van der Waals surface area (Å²) in [6.07, 6.45) is 2.34. The van der Waals surface area contributed by atoms with Crippen LogP contribution in [0.1, 0.15) is 52.1 Å². The second kappa shape index (κ2) is 5.96. The molecule has 2 N–H and O–H groups in total. The molecule has 0 saturated carbocycles. The number of anilines is 1. The van der Waals surface area contributed by atoms with Crippen molar-refractivity contribution in [1.82, 2.24) is 0 Å². The number of hydrogen-bond acceptors (Lipinski definition) is 2. The van der Waals surface area contributed by atoms with Gasteiger partial charge in [-0.1, -0.05) is 32.9 Å². The van der Waals surface area contributed by atoms with E-state index in [1.165, 1.54) is 24.2 Å². The highest BCUT2D eigenvalue weighted by molar-refractivity contribution is 5.49. The lowest BCUT2D eigenvalue weighted by Gasteiger charge is -2.42. The fraction of sp³-hybridized carbons (Fsp3) is 0.647. The zero-order valence-electron chi connectivity index (χ0n) is 12.8. The molecular weight excluding hydrogens is 232 g/mol. The van der Waals surface area contributed by atoms with Crippen LogP contribution in [-0.2, 0) is 0 Å². The molecule has 2 heteroatoms. The van der Waals surface area contributed by atoms with Crippen molar-refractivity contribution < 1.29 is 0 Å². The van der Waals surface area contributed by atoms with E-state index in [0.717, 1.165) is 18.3 Å². The standard InChI is InChI=1S/C17H28N2/c1-5-17(18)15-6-8-16(9-7-15)19-11-12(2)10-13(3)14(19)4/h6-9,12-14,17H,5,10-11,18H2,1-4H3/t12?,13?,14?,17-/m0/s1. The van der Waals surface area contributed by atoms with E-state index in [1.54, 1.807) is 0 Å². The first-order valence-electron chi connectivity index (χ1n) is 7.65. The lowest BCUT2D eigenvalue weighted by molar-refractivity contribution is 0.297. The van der Waals surface area contributed by atoms with E-state index in [-0.39, 0.29) is 6.04 Å². The minimum absolute atomic E-state index is 0.172. The van der Waals surface area contributed by atoms with E-state index in [9.17, 15) is 0 Å². The van der Waals surface area contributed by atoms with Crippen LogP contribution in [0.2, 0.25) is 0 Å². The quantitative estimate of drug-likeness (QED) is 0.891. The van der Waals surface area contributed by atoms with Crippen molar-refractivity contribution in [3.8, 4) is 0 Å². The van der Waals surface area contributed by atoms with E-state index >= 15 is 0 Å². The van der Waals surface area contributed by atoms with Gasteiger partial charge >= 0.3 is 0 Å². The van der Waals surface area contributed by atoms with Gasteiger partial charge < -0.3 is 10.6 Å². The molecule has 0 aliphatic carbocycles. The van der Waals surface area contributed by atoms with Crippen molar-refractivity contribution >= 4 is 5.69 Å². The molecule has 1 aliphatic rings. The number of rotatable bonds is 3. The molecular formula is C17H28N2. The lowest BCUT2D eigenvalue weighted by atomic mass is 9.85. The molecule has 0 spiro atoms. The Balaban J connectivity index is 2.16. The van der Waals surface area contributed by atoms with Crippen LogP contribution in [0.4, 0.5) is 5.69 Å². The Labute approximate surface area is 118 Å². The summed E-state index contributed by atoms with van der Waals surface area (Å²) in [5.74, 6) is 1.55. The molecule has 0 bridgehead atoms. The molecule has 4 atom stereocenters. The van der Waals surface area contributed by atoms with Crippen LogP contribution < -0.4 is 10.6 Å². The summed E-state index contributed by atoms with van der Waals surface area (Å²) in [7, 11) is 0. The van der Waals surface area contributed by atoms with E-state index in [1.807, 2.05) is 0 Å². The number of nitrogens with two attached hydrogens (primary N) is 1. The third kappa shape index (κ3) is 3.11. The number of benzene rings is 1. The van der Waals surface area contributed by atoms with Gasteiger partial charge in [0.05, 0.1) is 0 Å². The normalized spacial score (nSPS) is 29.3. The van der Waals surface area contributed by atoms with Gasteiger partial charge in [-0.2, -0.15) is 0 Å². The average Bonchev–Trinajstić information content (AvgIpc) is 2.42. The highest BCUT2D eigenvalue weighted by Gasteiger charge is 2.28. The van der Waals surface area contributed by atoms with Crippen LogP contribution in [0, 0.1) is 11.8 Å². The topological polar surface area (TPSA) is 29.3 Å². The molecule has 19 heavy (non-hydrogen) atoms. The Morgan fingerprint density at radius 2 is 1.84 bits per heavy atom. The van der Waals surface area contributed by atoms with Crippen LogP contribution in [0.15, 0.2) is 24.3 Å². The van der Waals surface area contributed by atoms with Gasteiger partial charge in [0.2, 0.25) is 0 Å². The predicted octanol–water partition coefficient (Wildman–Crippen LogP) is 3.97. The zero-order chi connectivity index (χ0) is 14.0. The summed E-state index contributed by atoms with van der Waals surface area (Å²) in [5, 5.41) is 0. The maximum Gasteiger partial charge on any atom is 0.0369 e. The van der Waals surface area contributed by atoms with Crippen LogP contribution in [0.25, 0.3) is 0 Å². The third-order valence-corrected chi connectivity index (χ3v) is 4.69. The van der Waals surface area contributed by atoms with Crippen molar-refractivity contribution in [2.24, 2.45) is 17.6 Å². The Hall–Kier alpha value is -1.02. The fourth-order valence-electron chi connectivity index (χ4n) is 3.20. The van der Waals surface area contributed by atoms with Crippen molar-refractivity contribution in [1.29, 1.82) is 0 Å². The van der Waals surface area contributed by atoms with Gasteiger partial charge in [-0.05, 0) is 49.3 Å². The predicted molar refractivity (Wildman–Crippen MR) is 83.4 cm³/mol. The van der Waals surface area contributed by atoms with Crippen LogP contribution in [0.5, 0.6) is 0 Å². The molecule has 1 aromatic carbocycles. The summed E-state index contributed by atoms with van der Waals surface area (Å²) < 4.78 is 0. The zero-order valence-corrected chi connectivity index (χ0v) is 12.8. The molecule has 0 aromatic heterocycles. The largest absolute Gasteiger partial charge is 0.368 e. The molecule has 1 aliphatic heterocycles. The molecule has 1 saturated heterocycles. The number of nitrogens with zero attached hydrogens (tertiary/aromatic N) is 1. The van der Waals surface area contributed by atoms with Gasteiger partial charge in [0.1, 0.15) is 0 Å². The molecule has 3 unspecified atom stereocenters. The SMILES string of the molecule is CC[C@H](N)c1ccc(N2CC(C)CC(C)C2C)cc1.